The van der Waals surface area contributed by atoms with Crippen molar-refractivity contribution in [1.82, 2.24) is 0 Å². The van der Waals surface area contributed by atoms with Crippen molar-refractivity contribution in [1.29, 1.82) is 5.26 Å². The lowest BCUT2D eigenvalue weighted by Crippen LogP contribution is -2.13. The van der Waals surface area contributed by atoms with Gasteiger partial charge < -0.3 is 15.0 Å². The van der Waals surface area contributed by atoms with Crippen LogP contribution in [0.2, 0.25) is 0 Å². The normalized spacial score (nSPS) is 10.7. The third-order valence-corrected chi connectivity index (χ3v) is 3.70. The molecule has 2 aromatic carbocycles. The van der Waals surface area contributed by atoms with E-state index in [1.165, 1.54) is 19.3 Å². The SMILES string of the molecule is COc1ccc(NC(=O)/C(C#N)=C/c2ccc(N(C)C)c([N+](=O)[O-])c2)cc1. The van der Waals surface area contributed by atoms with E-state index in [0.29, 0.717) is 22.7 Å². The van der Waals surface area contributed by atoms with Gasteiger partial charge in [0.1, 0.15) is 23.1 Å². The van der Waals surface area contributed by atoms with Gasteiger partial charge in [-0.05, 0) is 42.0 Å². The lowest BCUT2D eigenvalue weighted by molar-refractivity contribution is -0.384. The fraction of sp³-hybridized carbons (Fsp3) is 0.158. The molecule has 0 saturated heterocycles. The highest BCUT2D eigenvalue weighted by Crippen LogP contribution is 2.28. The molecule has 8 nitrogen and oxygen atoms in total. The molecule has 0 unspecified atom stereocenters. The van der Waals surface area contributed by atoms with Gasteiger partial charge in [0.15, 0.2) is 0 Å². The van der Waals surface area contributed by atoms with Crippen molar-refractivity contribution in [2.24, 2.45) is 0 Å². The number of carbonyl (C=O) groups is 1. The van der Waals surface area contributed by atoms with Crippen molar-refractivity contribution in [3.05, 3.63) is 63.7 Å². The Hall–Kier alpha value is -3.86. The van der Waals surface area contributed by atoms with E-state index < -0.39 is 10.8 Å². The first-order valence-electron chi connectivity index (χ1n) is 7.88. The Kier molecular flexibility index (Phi) is 6.12. The number of hydrogen-bond donors (Lipinski definition) is 1. The van der Waals surface area contributed by atoms with Gasteiger partial charge in [-0.15, -0.1) is 0 Å². The maximum Gasteiger partial charge on any atom is 0.293 e. The van der Waals surface area contributed by atoms with E-state index in [-0.39, 0.29) is 11.3 Å². The predicted molar refractivity (Wildman–Crippen MR) is 103 cm³/mol. The molecule has 0 saturated carbocycles. The molecular formula is C19H18N4O4. The molecule has 0 fully saturated rings. The number of carbonyl (C=O) groups excluding carboxylic acids is 1. The number of nitrogens with zero attached hydrogens (tertiary/aromatic N) is 3. The Bertz CT molecular complexity index is 928. The first kappa shape index (κ1) is 19.5. The van der Waals surface area contributed by atoms with Gasteiger partial charge in [-0.25, -0.2) is 0 Å². The minimum Gasteiger partial charge on any atom is -0.497 e. The van der Waals surface area contributed by atoms with Crippen molar-refractivity contribution in [3.63, 3.8) is 0 Å². The van der Waals surface area contributed by atoms with Crippen LogP contribution in [0.1, 0.15) is 5.56 Å². The van der Waals surface area contributed by atoms with Gasteiger partial charge in [-0.1, -0.05) is 6.07 Å². The number of ether oxygens (including phenoxy) is 1. The molecule has 8 heteroatoms. The molecule has 0 aromatic heterocycles. The summed E-state index contributed by atoms with van der Waals surface area (Å²) in [5.41, 5.74) is 1.03. The maximum absolute atomic E-state index is 12.3. The first-order chi connectivity index (χ1) is 12.8. The molecule has 0 heterocycles. The Labute approximate surface area is 156 Å². The third-order valence-electron chi connectivity index (χ3n) is 3.70. The van der Waals surface area contributed by atoms with Crippen LogP contribution in [-0.2, 0) is 4.79 Å². The van der Waals surface area contributed by atoms with E-state index in [1.54, 1.807) is 55.4 Å². The summed E-state index contributed by atoms with van der Waals surface area (Å²) in [5, 5.41) is 23.2. The number of benzene rings is 2. The second-order valence-electron chi connectivity index (χ2n) is 5.75. The highest BCUT2D eigenvalue weighted by molar-refractivity contribution is 6.09. The van der Waals surface area contributed by atoms with E-state index in [2.05, 4.69) is 5.32 Å². The van der Waals surface area contributed by atoms with Crippen LogP contribution >= 0.6 is 0 Å². The summed E-state index contributed by atoms with van der Waals surface area (Å²) in [6, 6.07) is 13.0. The van der Waals surface area contributed by atoms with E-state index >= 15 is 0 Å². The zero-order chi connectivity index (χ0) is 20.0. The molecule has 27 heavy (non-hydrogen) atoms. The van der Waals surface area contributed by atoms with Crippen LogP contribution in [0, 0.1) is 21.4 Å². The summed E-state index contributed by atoms with van der Waals surface area (Å²) in [6.07, 6.45) is 1.31. The number of anilines is 2. The van der Waals surface area contributed by atoms with E-state index in [4.69, 9.17) is 4.74 Å². The highest BCUT2D eigenvalue weighted by Gasteiger charge is 2.17. The number of methoxy groups -OCH3 is 1. The summed E-state index contributed by atoms with van der Waals surface area (Å²) in [6.45, 7) is 0. The molecule has 2 rings (SSSR count). The van der Waals surface area contributed by atoms with Gasteiger partial charge in [-0.2, -0.15) is 5.26 Å². The largest absolute Gasteiger partial charge is 0.497 e. The van der Waals surface area contributed by atoms with Crippen LogP contribution in [0.15, 0.2) is 48.0 Å². The fourth-order valence-electron chi connectivity index (χ4n) is 2.34. The Morgan fingerprint density at radius 1 is 1.26 bits per heavy atom. The summed E-state index contributed by atoms with van der Waals surface area (Å²) in [7, 11) is 4.92. The number of nitrogens with one attached hydrogen (secondary N) is 1. The van der Waals surface area contributed by atoms with Crippen LogP contribution in [0.25, 0.3) is 6.08 Å². The monoisotopic (exact) mass is 366 g/mol. The molecule has 0 spiro atoms. The average molecular weight is 366 g/mol. The summed E-state index contributed by atoms with van der Waals surface area (Å²) < 4.78 is 5.04. The molecule has 1 amide bonds. The number of nitro benzene ring substituents is 1. The van der Waals surface area contributed by atoms with Gasteiger partial charge in [-0.3, -0.25) is 14.9 Å². The maximum atomic E-state index is 12.3. The molecule has 138 valence electrons. The Morgan fingerprint density at radius 3 is 2.44 bits per heavy atom. The number of hydrogen-bond acceptors (Lipinski definition) is 6. The van der Waals surface area contributed by atoms with Crippen LogP contribution in [0.3, 0.4) is 0 Å². The van der Waals surface area contributed by atoms with E-state index in [9.17, 15) is 20.2 Å². The molecule has 0 bridgehead atoms. The van der Waals surface area contributed by atoms with Gasteiger partial charge in [0.25, 0.3) is 11.6 Å². The summed E-state index contributed by atoms with van der Waals surface area (Å²) in [5.74, 6) is 0.0272. The van der Waals surface area contributed by atoms with Crippen molar-refractivity contribution in [2.75, 3.05) is 31.4 Å². The smallest absolute Gasteiger partial charge is 0.293 e. The lowest BCUT2D eigenvalue weighted by Gasteiger charge is -2.12. The topological polar surface area (TPSA) is 108 Å². The zero-order valence-electron chi connectivity index (χ0n) is 15.1. The number of nitriles is 1. The van der Waals surface area contributed by atoms with Crippen molar-refractivity contribution in [3.8, 4) is 11.8 Å². The van der Waals surface area contributed by atoms with Crippen LogP contribution in [0.5, 0.6) is 5.75 Å². The average Bonchev–Trinajstić information content (AvgIpc) is 2.66. The molecule has 1 N–H and O–H groups in total. The van der Waals surface area contributed by atoms with E-state index in [0.717, 1.165) is 0 Å². The molecule has 0 radical (unpaired) electrons. The van der Waals surface area contributed by atoms with Crippen LogP contribution in [-0.4, -0.2) is 32.0 Å². The zero-order valence-corrected chi connectivity index (χ0v) is 15.1. The minimum absolute atomic E-state index is 0.110. The number of rotatable bonds is 6. The van der Waals surface area contributed by atoms with Gasteiger partial charge in [0.2, 0.25) is 0 Å². The number of nitro groups is 1. The van der Waals surface area contributed by atoms with Crippen molar-refractivity contribution in [2.45, 2.75) is 0 Å². The van der Waals surface area contributed by atoms with Crippen molar-refractivity contribution < 1.29 is 14.5 Å². The molecule has 0 aliphatic rings. The van der Waals surface area contributed by atoms with Gasteiger partial charge in [0, 0.05) is 25.8 Å². The van der Waals surface area contributed by atoms with Crippen LogP contribution < -0.4 is 15.0 Å². The highest BCUT2D eigenvalue weighted by atomic mass is 16.6. The Balaban J connectivity index is 2.29. The quantitative estimate of drug-likeness (QED) is 0.364. The lowest BCUT2D eigenvalue weighted by atomic mass is 10.1. The van der Waals surface area contributed by atoms with Gasteiger partial charge >= 0.3 is 0 Å². The Morgan fingerprint density at radius 2 is 1.93 bits per heavy atom. The fourth-order valence-corrected chi connectivity index (χ4v) is 2.34. The molecule has 2 aromatic rings. The van der Waals surface area contributed by atoms with Gasteiger partial charge in [0.05, 0.1) is 12.0 Å². The molecule has 0 aliphatic heterocycles. The predicted octanol–water partition coefficient (Wildman–Crippen LogP) is 3.22. The summed E-state index contributed by atoms with van der Waals surface area (Å²) >= 11 is 0. The summed E-state index contributed by atoms with van der Waals surface area (Å²) in [4.78, 5) is 24.7. The second-order valence-corrected chi connectivity index (χ2v) is 5.75. The van der Waals surface area contributed by atoms with Crippen molar-refractivity contribution >= 4 is 29.0 Å². The van der Waals surface area contributed by atoms with E-state index in [1.807, 2.05) is 6.07 Å². The van der Waals surface area contributed by atoms with Crippen LogP contribution in [0.4, 0.5) is 17.1 Å². The second kappa shape index (κ2) is 8.49. The minimum atomic E-state index is -0.609. The first-order valence-corrected chi connectivity index (χ1v) is 7.88. The molecular weight excluding hydrogens is 348 g/mol. The standard InChI is InChI=1S/C19H18N4O4/c1-22(2)17-9-4-13(11-18(17)23(25)26)10-14(12-20)19(24)21-15-5-7-16(27-3)8-6-15/h4-11H,1-3H3,(H,21,24)/b14-10+. The molecule has 0 aliphatic carbocycles. The number of amides is 1. The third kappa shape index (κ3) is 4.83. The molecule has 0 atom stereocenters.